The van der Waals surface area contributed by atoms with Gasteiger partial charge in [0.1, 0.15) is 0 Å². The van der Waals surface area contributed by atoms with Crippen LogP contribution in [0.1, 0.15) is 44.3 Å². The lowest BCUT2D eigenvalue weighted by molar-refractivity contribution is 0.0323. The quantitative estimate of drug-likeness (QED) is 0.855. The van der Waals surface area contributed by atoms with E-state index in [2.05, 4.69) is 5.32 Å². The normalized spacial score (nSPS) is 15.7. The van der Waals surface area contributed by atoms with Gasteiger partial charge in [0.2, 0.25) is 17.2 Å². The molecule has 2 N–H and O–H groups in total. The van der Waals surface area contributed by atoms with Crippen LogP contribution >= 0.6 is 0 Å². The lowest BCUT2D eigenvalue weighted by Crippen LogP contribution is -2.39. The number of nitrogens with one attached hydrogen (secondary N) is 1. The molecule has 4 nitrogen and oxygen atoms in total. The summed E-state index contributed by atoms with van der Waals surface area (Å²) in [5, 5.41) is 14.3. The number of aliphatic hydroxyl groups is 1. The van der Waals surface area contributed by atoms with E-state index in [1.54, 1.807) is 30.3 Å². The summed E-state index contributed by atoms with van der Waals surface area (Å²) < 4.78 is 0. The van der Waals surface area contributed by atoms with Crippen LogP contribution in [0.5, 0.6) is 0 Å². The molecule has 3 rings (SSSR count). The van der Waals surface area contributed by atoms with Crippen LogP contribution in [0.15, 0.2) is 36.4 Å². The first-order valence-corrected chi connectivity index (χ1v) is 7.67. The molecule has 118 valence electrons. The summed E-state index contributed by atoms with van der Waals surface area (Å²) in [6.45, 7) is 6.41. The number of anilines is 1. The molecule has 0 saturated carbocycles. The lowest BCUT2D eigenvalue weighted by Gasteiger charge is -2.24. The van der Waals surface area contributed by atoms with Crippen LogP contribution in [0.25, 0.3) is 0 Å². The molecule has 0 saturated heterocycles. The average molecular weight is 309 g/mol. The molecule has 0 fully saturated rings. The number of fused-ring (bicyclic) bond motifs is 1. The smallest absolute Gasteiger partial charge is 0.218 e. The zero-order valence-corrected chi connectivity index (χ0v) is 13.4. The number of carbonyl (C=O) groups excluding carboxylic acids is 2. The fourth-order valence-corrected chi connectivity index (χ4v) is 3.07. The first kappa shape index (κ1) is 15.4. The highest BCUT2D eigenvalue weighted by Crippen LogP contribution is 2.41. The van der Waals surface area contributed by atoms with E-state index in [1.807, 2.05) is 26.8 Å². The van der Waals surface area contributed by atoms with E-state index in [1.165, 1.54) is 0 Å². The Labute approximate surface area is 135 Å². The van der Waals surface area contributed by atoms with Gasteiger partial charge in [0.05, 0.1) is 0 Å². The van der Waals surface area contributed by atoms with E-state index in [-0.39, 0.29) is 11.1 Å². The van der Waals surface area contributed by atoms with Crippen molar-refractivity contribution in [2.24, 2.45) is 0 Å². The first-order valence-electron chi connectivity index (χ1n) is 7.67. The van der Waals surface area contributed by atoms with Crippen molar-refractivity contribution < 1.29 is 14.7 Å². The summed E-state index contributed by atoms with van der Waals surface area (Å²) in [5.41, 5.74) is 1.30. The molecule has 0 unspecified atom stereocenters. The Kier molecular flexibility index (Phi) is 3.57. The number of carbonyl (C=O) groups is 2. The van der Waals surface area contributed by atoms with Crippen LogP contribution in [0.2, 0.25) is 0 Å². The van der Waals surface area contributed by atoms with Gasteiger partial charge in [-0.15, -0.1) is 0 Å². The second-order valence-corrected chi connectivity index (χ2v) is 5.93. The number of Topliss-reactive ketones (excluding diaryl/α,β-unsaturated/α-hetero) is 2. The van der Waals surface area contributed by atoms with E-state index in [4.69, 9.17) is 0 Å². The molecular formula is C19H19NO3. The third kappa shape index (κ3) is 2.10. The number of benzene rings is 2. The highest BCUT2D eigenvalue weighted by atomic mass is 16.3. The van der Waals surface area contributed by atoms with Gasteiger partial charge in [-0.2, -0.15) is 0 Å². The minimum Gasteiger partial charge on any atom is -0.385 e. The Morgan fingerprint density at radius 3 is 2.04 bits per heavy atom. The zero-order valence-electron chi connectivity index (χ0n) is 13.4. The molecule has 0 heterocycles. The lowest BCUT2D eigenvalue weighted by atomic mass is 9.85. The molecule has 4 heteroatoms. The van der Waals surface area contributed by atoms with Gasteiger partial charge in [0.15, 0.2) is 0 Å². The third-order valence-corrected chi connectivity index (χ3v) is 4.46. The van der Waals surface area contributed by atoms with Crippen LogP contribution in [0, 0.1) is 13.8 Å². The van der Waals surface area contributed by atoms with Crippen LogP contribution in [0.3, 0.4) is 0 Å². The summed E-state index contributed by atoms with van der Waals surface area (Å²) in [5.74, 6) is -1.11. The zero-order chi connectivity index (χ0) is 16.8. The highest BCUT2D eigenvalue weighted by molar-refractivity contribution is 6.32. The monoisotopic (exact) mass is 309 g/mol. The summed E-state index contributed by atoms with van der Waals surface area (Å²) in [4.78, 5) is 25.6. The van der Waals surface area contributed by atoms with E-state index >= 15 is 0 Å². The second-order valence-electron chi connectivity index (χ2n) is 5.93. The molecule has 0 aromatic heterocycles. The Hall–Kier alpha value is -2.46. The van der Waals surface area contributed by atoms with Crippen molar-refractivity contribution >= 4 is 17.3 Å². The van der Waals surface area contributed by atoms with Gasteiger partial charge in [-0.05, 0) is 44.0 Å². The Balaban J connectivity index is 2.25. The highest BCUT2D eigenvalue weighted by Gasteiger charge is 2.54. The molecule has 2 aromatic carbocycles. The fraction of sp³-hybridized carbons (Fsp3) is 0.263. The number of aryl methyl sites for hydroxylation is 2. The van der Waals surface area contributed by atoms with E-state index in [9.17, 15) is 14.7 Å². The predicted octanol–water partition coefficient (Wildman–Crippen LogP) is 3.00. The Bertz CT molecular complexity index is 788. The van der Waals surface area contributed by atoms with Gasteiger partial charge in [-0.25, -0.2) is 0 Å². The van der Waals surface area contributed by atoms with Crippen molar-refractivity contribution in [3.8, 4) is 0 Å². The van der Waals surface area contributed by atoms with Crippen LogP contribution in [0.4, 0.5) is 5.69 Å². The van der Waals surface area contributed by atoms with Gasteiger partial charge in [-0.1, -0.05) is 24.3 Å². The van der Waals surface area contributed by atoms with Crippen molar-refractivity contribution in [1.29, 1.82) is 0 Å². The molecule has 1 aliphatic rings. The van der Waals surface area contributed by atoms with Crippen LogP contribution in [-0.2, 0) is 5.60 Å². The molecule has 23 heavy (non-hydrogen) atoms. The molecule has 1 aliphatic carbocycles. The molecule has 2 aromatic rings. The van der Waals surface area contributed by atoms with Crippen molar-refractivity contribution in [3.05, 3.63) is 64.2 Å². The molecule has 0 atom stereocenters. The number of ketones is 2. The average Bonchev–Trinajstić information content (AvgIpc) is 2.74. The number of rotatable bonds is 3. The van der Waals surface area contributed by atoms with Gasteiger partial charge >= 0.3 is 0 Å². The van der Waals surface area contributed by atoms with E-state index < -0.39 is 17.2 Å². The second kappa shape index (κ2) is 5.32. The van der Waals surface area contributed by atoms with Gasteiger partial charge < -0.3 is 10.4 Å². The third-order valence-electron chi connectivity index (χ3n) is 4.46. The van der Waals surface area contributed by atoms with Crippen molar-refractivity contribution in [2.45, 2.75) is 26.4 Å². The van der Waals surface area contributed by atoms with Gasteiger partial charge in [0.25, 0.3) is 0 Å². The molecule has 0 bridgehead atoms. The predicted molar refractivity (Wildman–Crippen MR) is 89.1 cm³/mol. The van der Waals surface area contributed by atoms with Crippen molar-refractivity contribution in [2.75, 3.05) is 11.9 Å². The topological polar surface area (TPSA) is 66.4 Å². The Morgan fingerprint density at radius 2 is 1.52 bits per heavy atom. The first-order chi connectivity index (χ1) is 10.9. The largest absolute Gasteiger partial charge is 0.385 e. The SMILES string of the molecule is CCNc1cc(C)c(C)cc1C1(O)C(=O)c2ccccc2C1=O. The molecular weight excluding hydrogens is 290 g/mol. The van der Waals surface area contributed by atoms with Crippen LogP contribution < -0.4 is 5.32 Å². The summed E-state index contributed by atoms with van der Waals surface area (Å²) in [7, 11) is 0. The molecule has 0 spiro atoms. The molecule has 0 aliphatic heterocycles. The maximum atomic E-state index is 12.8. The van der Waals surface area contributed by atoms with Gasteiger partial charge in [0, 0.05) is 28.9 Å². The number of hydrogen-bond donors (Lipinski definition) is 2. The summed E-state index contributed by atoms with van der Waals surface area (Å²) >= 11 is 0. The van der Waals surface area contributed by atoms with E-state index in [0.29, 0.717) is 17.8 Å². The molecule has 0 amide bonds. The van der Waals surface area contributed by atoms with Crippen molar-refractivity contribution in [1.82, 2.24) is 0 Å². The Morgan fingerprint density at radius 1 is 1.00 bits per heavy atom. The van der Waals surface area contributed by atoms with Crippen molar-refractivity contribution in [3.63, 3.8) is 0 Å². The van der Waals surface area contributed by atoms with E-state index in [0.717, 1.165) is 11.1 Å². The number of hydrogen-bond acceptors (Lipinski definition) is 4. The maximum absolute atomic E-state index is 12.8. The maximum Gasteiger partial charge on any atom is 0.218 e. The van der Waals surface area contributed by atoms with Gasteiger partial charge in [-0.3, -0.25) is 9.59 Å². The fourth-order valence-electron chi connectivity index (χ4n) is 3.07. The minimum atomic E-state index is -2.15. The molecule has 0 radical (unpaired) electrons. The minimum absolute atomic E-state index is 0.278. The summed E-state index contributed by atoms with van der Waals surface area (Å²) in [6.07, 6.45) is 0. The summed E-state index contributed by atoms with van der Waals surface area (Å²) in [6, 6.07) is 10.2. The standard InChI is InChI=1S/C19H19NO3/c1-4-20-16-10-12(3)11(2)9-15(16)19(23)17(21)13-7-5-6-8-14(13)18(19)22/h5-10,20,23H,4H2,1-3H3. The van der Waals surface area contributed by atoms with Crippen LogP contribution in [-0.4, -0.2) is 23.2 Å².